The van der Waals surface area contributed by atoms with Crippen molar-refractivity contribution in [2.45, 2.75) is 12.3 Å². The van der Waals surface area contributed by atoms with E-state index in [1.807, 2.05) is 0 Å². The fraction of sp³-hybridized carbons (Fsp3) is 0.750. The second kappa shape index (κ2) is 5.07. The molecular weight excluding hydrogens is 323 g/mol. The molecule has 1 aliphatic heterocycles. The highest BCUT2D eigenvalue weighted by atomic mass is 79.9. The molecule has 2 heterocycles. The van der Waals surface area contributed by atoms with Gasteiger partial charge in [0.25, 0.3) is 0 Å². The lowest BCUT2D eigenvalue weighted by molar-refractivity contribution is -0.144. The molecule has 0 amide bonds. The van der Waals surface area contributed by atoms with Crippen molar-refractivity contribution in [3.05, 3.63) is 5.82 Å². The zero-order valence-electron chi connectivity index (χ0n) is 8.58. The van der Waals surface area contributed by atoms with E-state index in [4.69, 9.17) is 4.74 Å². The highest BCUT2D eigenvalue weighted by molar-refractivity contribution is 9.09. The van der Waals surface area contributed by atoms with Gasteiger partial charge in [0.15, 0.2) is 0 Å². The lowest BCUT2D eigenvalue weighted by Crippen LogP contribution is -2.43. The van der Waals surface area contributed by atoms with E-state index in [-0.39, 0.29) is 6.10 Å². The van der Waals surface area contributed by atoms with Crippen LogP contribution in [0.15, 0.2) is 0 Å². The molecule has 0 aliphatic carbocycles. The molecule has 1 atom stereocenters. The van der Waals surface area contributed by atoms with Crippen molar-refractivity contribution in [3.63, 3.8) is 0 Å². The van der Waals surface area contributed by atoms with Crippen LogP contribution < -0.4 is 4.90 Å². The minimum Gasteiger partial charge on any atom is -0.374 e. The van der Waals surface area contributed by atoms with Gasteiger partial charge in [-0.3, -0.25) is 0 Å². The molecule has 1 aliphatic rings. The van der Waals surface area contributed by atoms with E-state index in [1.165, 1.54) is 0 Å². The number of ether oxygens (including phenoxy) is 1. The standard InChI is InChI=1S/C8H9BrF3N3OS/c9-3-5-4-15(1-2-16-5)7-13-6(14-17-7)8(10,11)12/h5H,1-4H2. The average molecular weight is 332 g/mol. The first-order valence-electron chi connectivity index (χ1n) is 4.84. The Morgan fingerprint density at radius 3 is 2.88 bits per heavy atom. The van der Waals surface area contributed by atoms with Gasteiger partial charge in [0.05, 0.1) is 12.7 Å². The van der Waals surface area contributed by atoms with Crippen molar-refractivity contribution in [1.29, 1.82) is 0 Å². The van der Waals surface area contributed by atoms with Crippen LogP contribution in [0.5, 0.6) is 0 Å². The van der Waals surface area contributed by atoms with Crippen LogP contribution in [-0.2, 0) is 10.9 Å². The van der Waals surface area contributed by atoms with Crippen molar-refractivity contribution >= 4 is 32.6 Å². The van der Waals surface area contributed by atoms with Gasteiger partial charge < -0.3 is 9.64 Å². The Morgan fingerprint density at radius 2 is 2.29 bits per heavy atom. The van der Waals surface area contributed by atoms with Crippen LogP contribution >= 0.6 is 27.5 Å². The Kier molecular flexibility index (Phi) is 3.88. The quantitative estimate of drug-likeness (QED) is 0.778. The van der Waals surface area contributed by atoms with Gasteiger partial charge in [0.2, 0.25) is 11.0 Å². The minimum absolute atomic E-state index is 0.0259. The van der Waals surface area contributed by atoms with E-state index in [1.54, 1.807) is 4.90 Å². The molecule has 0 aromatic carbocycles. The van der Waals surface area contributed by atoms with E-state index >= 15 is 0 Å². The number of alkyl halides is 4. The van der Waals surface area contributed by atoms with Gasteiger partial charge in [-0.1, -0.05) is 15.9 Å². The van der Waals surface area contributed by atoms with Crippen LogP contribution in [0.4, 0.5) is 18.3 Å². The summed E-state index contributed by atoms with van der Waals surface area (Å²) in [5.41, 5.74) is 0. The SMILES string of the molecule is FC(F)(F)c1nsc(N2CCOC(CBr)C2)n1. The number of nitrogens with zero attached hydrogens (tertiary/aromatic N) is 3. The summed E-state index contributed by atoms with van der Waals surface area (Å²) in [5.74, 6) is -1.07. The third-order valence-corrected chi connectivity index (χ3v) is 3.75. The van der Waals surface area contributed by atoms with Crippen molar-refractivity contribution in [2.24, 2.45) is 0 Å². The first kappa shape index (κ1) is 13.0. The van der Waals surface area contributed by atoms with Crippen LogP contribution in [0, 0.1) is 0 Å². The summed E-state index contributed by atoms with van der Waals surface area (Å²) < 4.78 is 45.8. The third-order valence-electron chi connectivity index (χ3n) is 2.25. The summed E-state index contributed by atoms with van der Waals surface area (Å²) in [5, 5.41) is 0.945. The van der Waals surface area contributed by atoms with Crippen LogP contribution in [-0.4, -0.2) is 40.5 Å². The fourth-order valence-corrected chi connectivity index (χ4v) is 2.56. The van der Waals surface area contributed by atoms with Gasteiger partial charge in [0.1, 0.15) is 0 Å². The molecule has 1 aromatic heterocycles. The fourth-order valence-electron chi connectivity index (χ4n) is 1.45. The Balaban J connectivity index is 2.09. The van der Waals surface area contributed by atoms with Crippen molar-refractivity contribution in [1.82, 2.24) is 9.36 Å². The molecule has 0 bridgehead atoms. The first-order chi connectivity index (χ1) is 8.00. The van der Waals surface area contributed by atoms with Crippen molar-refractivity contribution < 1.29 is 17.9 Å². The van der Waals surface area contributed by atoms with E-state index in [0.29, 0.717) is 30.2 Å². The summed E-state index contributed by atoms with van der Waals surface area (Å²) in [7, 11) is 0. The van der Waals surface area contributed by atoms with Crippen LogP contribution in [0.2, 0.25) is 0 Å². The third kappa shape index (κ3) is 3.08. The smallest absolute Gasteiger partial charge is 0.374 e. The predicted octanol–water partition coefficient (Wildman–Crippen LogP) is 2.16. The summed E-state index contributed by atoms with van der Waals surface area (Å²) in [6.45, 7) is 1.55. The summed E-state index contributed by atoms with van der Waals surface area (Å²) in [6.07, 6.45) is -4.50. The molecule has 1 unspecified atom stereocenters. The maximum atomic E-state index is 12.3. The van der Waals surface area contributed by atoms with Crippen LogP contribution in [0.3, 0.4) is 0 Å². The predicted molar refractivity (Wildman–Crippen MR) is 60.7 cm³/mol. The summed E-state index contributed by atoms with van der Waals surface area (Å²) in [6, 6.07) is 0. The molecular formula is C8H9BrF3N3OS. The zero-order valence-corrected chi connectivity index (χ0v) is 11.0. The molecule has 1 fully saturated rings. The van der Waals surface area contributed by atoms with E-state index < -0.39 is 12.0 Å². The lowest BCUT2D eigenvalue weighted by atomic mass is 10.3. The molecule has 0 N–H and O–H groups in total. The van der Waals surface area contributed by atoms with Gasteiger partial charge in [-0.05, 0) is 0 Å². The zero-order chi connectivity index (χ0) is 12.5. The van der Waals surface area contributed by atoms with Crippen molar-refractivity contribution in [3.8, 4) is 0 Å². The monoisotopic (exact) mass is 331 g/mol. The second-order valence-electron chi connectivity index (χ2n) is 3.49. The molecule has 0 saturated carbocycles. The molecule has 9 heteroatoms. The van der Waals surface area contributed by atoms with E-state index in [9.17, 15) is 13.2 Å². The van der Waals surface area contributed by atoms with Crippen LogP contribution in [0.1, 0.15) is 5.82 Å². The number of hydrogen-bond acceptors (Lipinski definition) is 5. The lowest BCUT2D eigenvalue weighted by Gasteiger charge is -2.31. The Hall–Kier alpha value is -0.410. The maximum Gasteiger partial charge on any atom is 0.452 e. The first-order valence-corrected chi connectivity index (χ1v) is 6.73. The number of anilines is 1. The number of hydrogen-bond donors (Lipinski definition) is 0. The molecule has 17 heavy (non-hydrogen) atoms. The Labute approximate surface area is 108 Å². The van der Waals surface area contributed by atoms with E-state index in [2.05, 4.69) is 25.3 Å². The average Bonchev–Trinajstić information content (AvgIpc) is 2.78. The molecule has 1 saturated heterocycles. The Bertz CT molecular complexity index is 386. The van der Waals surface area contributed by atoms with E-state index in [0.717, 1.165) is 11.5 Å². The maximum absolute atomic E-state index is 12.3. The molecule has 1 aromatic rings. The molecule has 96 valence electrons. The number of morpholine rings is 1. The molecule has 0 radical (unpaired) electrons. The minimum atomic E-state index is -4.48. The van der Waals surface area contributed by atoms with Crippen molar-refractivity contribution in [2.75, 3.05) is 29.9 Å². The normalized spacial score (nSPS) is 21.9. The van der Waals surface area contributed by atoms with Gasteiger partial charge in [-0.15, -0.1) is 0 Å². The number of rotatable bonds is 2. The summed E-state index contributed by atoms with van der Waals surface area (Å²) >= 11 is 4.05. The largest absolute Gasteiger partial charge is 0.452 e. The number of halogens is 4. The summed E-state index contributed by atoms with van der Waals surface area (Å²) in [4.78, 5) is 5.28. The van der Waals surface area contributed by atoms with Gasteiger partial charge >= 0.3 is 6.18 Å². The van der Waals surface area contributed by atoms with Gasteiger partial charge in [-0.2, -0.15) is 22.5 Å². The number of aromatic nitrogens is 2. The van der Waals surface area contributed by atoms with Gasteiger partial charge in [-0.25, -0.2) is 0 Å². The molecule has 2 rings (SSSR count). The molecule has 0 spiro atoms. The van der Waals surface area contributed by atoms with Crippen LogP contribution in [0.25, 0.3) is 0 Å². The second-order valence-corrected chi connectivity index (χ2v) is 4.87. The molecule has 4 nitrogen and oxygen atoms in total. The topological polar surface area (TPSA) is 38.2 Å². The van der Waals surface area contributed by atoms with Gasteiger partial charge in [0, 0.05) is 30.0 Å². The highest BCUT2D eigenvalue weighted by Crippen LogP contribution is 2.30. The highest BCUT2D eigenvalue weighted by Gasteiger charge is 2.37. The Morgan fingerprint density at radius 1 is 1.53 bits per heavy atom.